The number of aromatic nitrogens is 1. The van der Waals surface area contributed by atoms with E-state index in [0.717, 1.165) is 23.1 Å². The number of nitrogens with zero attached hydrogens (tertiary/aromatic N) is 1. The van der Waals surface area contributed by atoms with Crippen LogP contribution >= 0.6 is 11.3 Å². The third-order valence-electron chi connectivity index (χ3n) is 5.63. The fraction of sp³-hybridized carbons (Fsp3) is 0.250. The van der Waals surface area contributed by atoms with Gasteiger partial charge in [-0.15, -0.1) is 0 Å². The second-order valence-corrected chi connectivity index (χ2v) is 8.49. The van der Waals surface area contributed by atoms with Crippen molar-refractivity contribution in [3.8, 4) is 11.1 Å². The van der Waals surface area contributed by atoms with Gasteiger partial charge in [0.15, 0.2) is 5.78 Å². The Kier molecular flexibility index (Phi) is 6.23. The monoisotopic (exact) mass is 434 g/mol. The fourth-order valence-electron chi connectivity index (χ4n) is 4.00. The molecule has 31 heavy (non-hydrogen) atoms. The van der Waals surface area contributed by atoms with Crippen LogP contribution in [-0.2, 0) is 16.0 Å². The molecule has 0 spiro atoms. The molecular formula is C24H22N2O4S. The lowest BCUT2D eigenvalue weighted by Gasteiger charge is -2.14. The summed E-state index contributed by atoms with van der Waals surface area (Å²) in [5.41, 5.74) is 3.76. The molecule has 7 heteroatoms. The summed E-state index contributed by atoms with van der Waals surface area (Å²) in [6.07, 6.45) is 3.86. The summed E-state index contributed by atoms with van der Waals surface area (Å²) in [5.74, 6) is -2.28. The number of rotatable bonds is 7. The molecule has 2 heterocycles. The van der Waals surface area contributed by atoms with E-state index in [0.29, 0.717) is 30.6 Å². The van der Waals surface area contributed by atoms with Crippen molar-refractivity contribution < 1.29 is 19.5 Å². The van der Waals surface area contributed by atoms with E-state index < -0.39 is 17.8 Å². The van der Waals surface area contributed by atoms with Crippen molar-refractivity contribution in [2.24, 2.45) is 11.8 Å². The van der Waals surface area contributed by atoms with Crippen molar-refractivity contribution in [1.29, 1.82) is 0 Å². The van der Waals surface area contributed by atoms with Crippen LogP contribution in [0.1, 0.15) is 35.3 Å². The smallest absolute Gasteiger partial charge is 0.307 e. The van der Waals surface area contributed by atoms with Gasteiger partial charge in [-0.2, -0.15) is 11.3 Å². The number of hydrogen-bond donors (Lipinski definition) is 2. The molecule has 0 radical (unpaired) electrons. The third-order valence-corrected chi connectivity index (χ3v) is 6.36. The molecule has 158 valence electrons. The molecule has 6 nitrogen and oxygen atoms in total. The maximum atomic E-state index is 12.7. The van der Waals surface area contributed by atoms with Gasteiger partial charge in [0.1, 0.15) is 5.69 Å². The number of hydrogen-bond acceptors (Lipinski definition) is 5. The number of nitrogens with one attached hydrogen (secondary N) is 1. The Labute approximate surface area is 184 Å². The summed E-state index contributed by atoms with van der Waals surface area (Å²) in [5, 5.41) is 16.1. The second kappa shape index (κ2) is 9.22. The maximum absolute atomic E-state index is 12.7. The van der Waals surface area contributed by atoms with E-state index in [2.05, 4.69) is 10.3 Å². The van der Waals surface area contributed by atoms with Gasteiger partial charge in [0.2, 0.25) is 5.91 Å². The minimum absolute atomic E-state index is 0.0674. The predicted molar refractivity (Wildman–Crippen MR) is 119 cm³/mol. The summed E-state index contributed by atoms with van der Waals surface area (Å²) < 4.78 is 0. The fourth-order valence-corrected chi connectivity index (χ4v) is 4.67. The lowest BCUT2D eigenvalue weighted by atomic mass is 9.90. The Hall–Kier alpha value is -3.32. The van der Waals surface area contributed by atoms with Gasteiger partial charge in [-0.05, 0) is 59.0 Å². The Balaban J connectivity index is 1.40. The maximum Gasteiger partial charge on any atom is 0.307 e. The molecule has 0 saturated heterocycles. The number of aliphatic carboxylic acids is 1. The Bertz CT molecular complexity index is 1080. The summed E-state index contributed by atoms with van der Waals surface area (Å²) >= 11 is 1.57. The average molecular weight is 435 g/mol. The lowest BCUT2D eigenvalue weighted by molar-refractivity contribution is -0.142. The summed E-state index contributed by atoms with van der Waals surface area (Å²) in [4.78, 5) is 40.5. The first-order chi connectivity index (χ1) is 15.0. The molecule has 1 saturated carbocycles. The van der Waals surface area contributed by atoms with Gasteiger partial charge in [-0.1, -0.05) is 24.6 Å². The van der Waals surface area contributed by atoms with Crippen LogP contribution in [0.15, 0.2) is 59.4 Å². The SMILES string of the molecule is O=C(Cc1ccsc1)Nc1ccc(-c2ccc(C(=O)[C@@H]3CCC[C@H]3C(=O)O)nc2)cc1. The quantitative estimate of drug-likeness (QED) is 0.527. The number of ketones is 1. The zero-order chi connectivity index (χ0) is 21.8. The number of carboxylic acid groups (broad SMARTS) is 1. The molecule has 4 rings (SSSR count). The Morgan fingerprint density at radius 3 is 2.39 bits per heavy atom. The van der Waals surface area contributed by atoms with Crippen LogP contribution in [-0.4, -0.2) is 27.8 Å². The van der Waals surface area contributed by atoms with Crippen molar-refractivity contribution in [2.75, 3.05) is 5.32 Å². The van der Waals surface area contributed by atoms with Crippen molar-refractivity contribution >= 4 is 34.7 Å². The first kappa shape index (κ1) is 20.9. The normalized spacial score (nSPS) is 17.9. The topological polar surface area (TPSA) is 96.4 Å². The molecule has 0 aliphatic heterocycles. The van der Waals surface area contributed by atoms with E-state index in [-0.39, 0.29) is 11.7 Å². The van der Waals surface area contributed by atoms with Gasteiger partial charge < -0.3 is 10.4 Å². The van der Waals surface area contributed by atoms with Gasteiger partial charge in [-0.25, -0.2) is 0 Å². The molecule has 0 unspecified atom stereocenters. The van der Waals surface area contributed by atoms with Crippen LogP contribution in [0.5, 0.6) is 0 Å². The molecule has 0 bridgehead atoms. The van der Waals surface area contributed by atoms with Crippen molar-refractivity contribution in [1.82, 2.24) is 4.98 Å². The molecule has 2 atom stereocenters. The molecule has 1 aromatic carbocycles. The number of anilines is 1. The third kappa shape index (κ3) is 4.88. The molecule has 2 aromatic heterocycles. The van der Waals surface area contributed by atoms with Gasteiger partial charge >= 0.3 is 5.97 Å². The van der Waals surface area contributed by atoms with E-state index in [9.17, 15) is 19.5 Å². The predicted octanol–water partition coefficient (Wildman–Crippen LogP) is 4.67. The average Bonchev–Trinajstić information content (AvgIpc) is 3.46. The van der Waals surface area contributed by atoms with Crippen LogP contribution in [0.3, 0.4) is 0 Å². The summed E-state index contributed by atoms with van der Waals surface area (Å²) in [6.45, 7) is 0. The number of benzene rings is 1. The highest BCUT2D eigenvalue weighted by atomic mass is 32.1. The number of amides is 1. The van der Waals surface area contributed by atoms with Crippen LogP contribution < -0.4 is 5.32 Å². The number of pyridine rings is 1. The number of carbonyl (C=O) groups is 3. The molecule has 1 amide bonds. The molecule has 1 fully saturated rings. The molecule has 3 aromatic rings. The van der Waals surface area contributed by atoms with Crippen LogP contribution in [0.2, 0.25) is 0 Å². The van der Waals surface area contributed by atoms with E-state index in [4.69, 9.17) is 0 Å². The van der Waals surface area contributed by atoms with Crippen molar-refractivity contribution in [2.45, 2.75) is 25.7 Å². The van der Waals surface area contributed by atoms with Crippen LogP contribution in [0.4, 0.5) is 5.69 Å². The standard InChI is InChI=1S/C24H22N2O4S/c27-22(12-15-10-11-31-14-15)26-18-7-4-16(5-8-18)17-6-9-21(25-13-17)23(28)19-2-1-3-20(19)24(29)30/h4-11,13-14,19-20H,1-3,12H2,(H,26,27)(H,29,30)/t19-,20-/m1/s1. The Morgan fingerprint density at radius 2 is 1.74 bits per heavy atom. The van der Waals surface area contributed by atoms with Gasteiger partial charge in [0, 0.05) is 23.4 Å². The zero-order valence-electron chi connectivity index (χ0n) is 16.8. The first-order valence-corrected chi connectivity index (χ1v) is 11.1. The van der Waals surface area contributed by atoms with Gasteiger partial charge in [0.25, 0.3) is 0 Å². The van der Waals surface area contributed by atoms with Crippen LogP contribution in [0, 0.1) is 11.8 Å². The number of carbonyl (C=O) groups excluding carboxylic acids is 2. The largest absolute Gasteiger partial charge is 0.481 e. The van der Waals surface area contributed by atoms with E-state index in [1.165, 1.54) is 0 Å². The highest BCUT2D eigenvalue weighted by Crippen LogP contribution is 2.34. The number of Topliss-reactive ketones (excluding diaryl/α,β-unsaturated/α-hetero) is 1. The number of thiophene rings is 1. The highest BCUT2D eigenvalue weighted by Gasteiger charge is 2.38. The van der Waals surface area contributed by atoms with E-state index >= 15 is 0 Å². The Morgan fingerprint density at radius 1 is 1.00 bits per heavy atom. The van der Waals surface area contributed by atoms with E-state index in [1.54, 1.807) is 23.6 Å². The van der Waals surface area contributed by atoms with Crippen molar-refractivity contribution in [3.05, 3.63) is 70.7 Å². The van der Waals surface area contributed by atoms with Gasteiger partial charge in [-0.3, -0.25) is 19.4 Å². The van der Waals surface area contributed by atoms with E-state index in [1.807, 2.05) is 47.2 Å². The summed E-state index contributed by atoms with van der Waals surface area (Å²) in [6, 6.07) is 12.8. The zero-order valence-corrected chi connectivity index (χ0v) is 17.6. The minimum atomic E-state index is -0.907. The second-order valence-electron chi connectivity index (χ2n) is 7.71. The highest BCUT2D eigenvalue weighted by molar-refractivity contribution is 7.08. The molecule has 1 aliphatic rings. The minimum Gasteiger partial charge on any atom is -0.481 e. The van der Waals surface area contributed by atoms with Gasteiger partial charge in [0.05, 0.1) is 12.3 Å². The lowest BCUT2D eigenvalue weighted by Crippen LogP contribution is -2.25. The van der Waals surface area contributed by atoms with Crippen molar-refractivity contribution in [3.63, 3.8) is 0 Å². The number of carboxylic acids is 1. The molecular weight excluding hydrogens is 412 g/mol. The first-order valence-electron chi connectivity index (χ1n) is 10.2. The molecule has 2 N–H and O–H groups in total. The summed E-state index contributed by atoms with van der Waals surface area (Å²) in [7, 11) is 0. The molecule has 1 aliphatic carbocycles. The van der Waals surface area contributed by atoms with Crippen LogP contribution in [0.25, 0.3) is 11.1 Å².